The van der Waals surface area contributed by atoms with Gasteiger partial charge in [-0.3, -0.25) is 19.5 Å². The molecule has 2 heterocycles. The Hall–Kier alpha value is -2.15. The summed E-state index contributed by atoms with van der Waals surface area (Å²) in [7, 11) is 0. The topological polar surface area (TPSA) is 65.5 Å². The van der Waals surface area contributed by atoms with Gasteiger partial charge in [0.05, 0.1) is 16.3 Å². The Morgan fingerprint density at radius 1 is 1.16 bits per heavy atom. The molecular weight excluding hydrogens is 447 g/mol. The lowest BCUT2D eigenvalue weighted by Gasteiger charge is -2.40. The molecule has 2 amide bonds. The van der Waals surface area contributed by atoms with Crippen molar-refractivity contribution in [1.82, 2.24) is 14.8 Å². The Morgan fingerprint density at radius 3 is 2.56 bits per heavy atom. The SMILES string of the molecule is Cc1ncc(C(=O)Nc2cc(Cl)cc(CN3CCN(C(=O)C4CC4)C(C)C3)c2C)cc1Cl. The zero-order valence-corrected chi connectivity index (χ0v) is 20.1. The van der Waals surface area contributed by atoms with E-state index in [-0.39, 0.29) is 17.9 Å². The van der Waals surface area contributed by atoms with Crippen molar-refractivity contribution in [3.05, 3.63) is 56.8 Å². The van der Waals surface area contributed by atoms with E-state index in [9.17, 15) is 9.59 Å². The van der Waals surface area contributed by atoms with Crippen LogP contribution >= 0.6 is 23.2 Å². The lowest BCUT2D eigenvalue weighted by Crippen LogP contribution is -2.54. The van der Waals surface area contributed by atoms with Crippen molar-refractivity contribution in [1.29, 1.82) is 0 Å². The van der Waals surface area contributed by atoms with E-state index < -0.39 is 0 Å². The highest BCUT2D eigenvalue weighted by molar-refractivity contribution is 6.32. The molecule has 1 saturated heterocycles. The summed E-state index contributed by atoms with van der Waals surface area (Å²) in [5.41, 5.74) is 3.77. The first-order valence-electron chi connectivity index (χ1n) is 11.0. The predicted octanol–water partition coefficient (Wildman–Crippen LogP) is 4.70. The first kappa shape index (κ1) is 23.0. The predicted molar refractivity (Wildman–Crippen MR) is 127 cm³/mol. The van der Waals surface area contributed by atoms with Gasteiger partial charge in [0.25, 0.3) is 5.91 Å². The molecule has 0 radical (unpaired) electrons. The van der Waals surface area contributed by atoms with Crippen LogP contribution in [-0.4, -0.2) is 52.3 Å². The number of halogens is 2. The standard InChI is InChI=1S/C24H28Cl2N4O2/c1-14-12-29(6-7-30(14)24(32)17-4-5-17)13-19-8-20(25)10-22(15(19)2)28-23(31)18-9-21(26)16(3)27-11-18/h8-11,14,17H,4-7,12-13H2,1-3H3,(H,28,31). The zero-order chi connectivity index (χ0) is 23.0. The summed E-state index contributed by atoms with van der Waals surface area (Å²) in [4.78, 5) is 33.8. The monoisotopic (exact) mass is 474 g/mol. The molecule has 1 aliphatic heterocycles. The summed E-state index contributed by atoms with van der Waals surface area (Å²) in [6, 6.07) is 5.51. The van der Waals surface area contributed by atoms with Crippen LogP contribution in [0, 0.1) is 19.8 Å². The van der Waals surface area contributed by atoms with Crippen molar-refractivity contribution in [3.8, 4) is 0 Å². The van der Waals surface area contributed by atoms with Crippen LogP contribution < -0.4 is 5.32 Å². The number of amides is 2. The third kappa shape index (κ3) is 5.08. The van der Waals surface area contributed by atoms with E-state index in [1.807, 2.05) is 17.9 Å². The van der Waals surface area contributed by atoms with E-state index in [1.54, 1.807) is 19.1 Å². The molecule has 1 N–H and O–H groups in total. The average molecular weight is 475 g/mol. The number of piperazine rings is 1. The number of aryl methyl sites for hydroxylation is 1. The molecule has 4 rings (SSSR count). The molecule has 1 aliphatic carbocycles. The maximum absolute atomic E-state index is 12.7. The number of nitrogens with zero attached hydrogens (tertiary/aromatic N) is 3. The lowest BCUT2D eigenvalue weighted by atomic mass is 10.0. The maximum Gasteiger partial charge on any atom is 0.257 e. The summed E-state index contributed by atoms with van der Waals surface area (Å²) in [6.07, 6.45) is 3.58. The highest BCUT2D eigenvalue weighted by atomic mass is 35.5. The Balaban J connectivity index is 1.45. The van der Waals surface area contributed by atoms with E-state index in [0.29, 0.717) is 39.4 Å². The minimum atomic E-state index is -0.281. The second kappa shape index (κ2) is 9.38. The number of hydrogen-bond donors (Lipinski definition) is 1. The summed E-state index contributed by atoms with van der Waals surface area (Å²) in [6.45, 7) is 9.00. The number of nitrogens with one attached hydrogen (secondary N) is 1. The van der Waals surface area contributed by atoms with Crippen LogP contribution in [-0.2, 0) is 11.3 Å². The summed E-state index contributed by atoms with van der Waals surface area (Å²) in [5, 5.41) is 3.97. The highest BCUT2D eigenvalue weighted by Gasteiger charge is 2.37. The first-order valence-corrected chi connectivity index (χ1v) is 11.7. The molecule has 32 heavy (non-hydrogen) atoms. The number of carbonyl (C=O) groups is 2. The van der Waals surface area contributed by atoms with Crippen molar-refractivity contribution in [3.63, 3.8) is 0 Å². The number of benzene rings is 1. The van der Waals surface area contributed by atoms with Gasteiger partial charge >= 0.3 is 0 Å². The van der Waals surface area contributed by atoms with Crippen LogP contribution in [0.25, 0.3) is 0 Å². The number of anilines is 1. The maximum atomic E-state index is 12.7. The number of rotatable bonds is 5. The Morgan fingerprint density at radius 2 is 1.91 bits per heavy atom. The smallest absolute Gasteiger partial charge is 0.257 e. The summed E-state index contributed by atoms with van der Waals surface area (Å²) >= 11 is 12.5. The van der Waals surface area contributed by atoms with Crippen LogP contribution in [0.5, 0.6) is 0 Å². The van der Waals surface area contributed by atoms with Crippen molar-refractivity contribution in [2.75, 3.05) is 25.0 Å². The molecule has 1 aromatic carbocycles. The van der Waals surface area contributed by atoms with Crippen LogP contribution in [0.3, 0.4) is 0 Å². The molecule has 1 aromatic heterocycles. The van der Waals surface area contributed by atoms with Crippen LogP contribution in [0.2, 0.25) is 10.0 Å². The molecule has 2 aromatic rings. The second-order valence-corrected chi connectivity index (χ2v) is 9.72. The third-order valence-electron chi connectivity index (χ3n) is 6.33. The molecule has 6 nitrogen and oxygen atoms in total. The van der Waals surface area contributed by atoms with Gasteiger partial charge in [-0.2, -0.15) is 0 Å². The fourth-order valence-electron chi connectivity index (χ4n) is 4.16. The number of hydrogen-bond acceptors (Lipinski definition) is 4. The fraction of sp³-hybridized carbons (Fsp3) is 0.458. The fourth-order valence-corrected chi connectivity index (χ4v) is 4.57. The molecule has 1 unspecified atom stereocenters. The molecule has 170 valence electrons. The summed E-state index contributed by atoms with van der Waals surface area (Å²) < 4.78 is 0. The van der Waals surface area contributed by atoms with Gasteiger partial charge in [0.2, 0.25) is 5.91 Å². The van der Waals surface area contributed by atoms with E-state index >= 15 is 0 Å². The number of pyridine rings is 1. The molecule has 1 atom stereocenters. The minimum Gasteiger partial charge on any atom is -0.337 e. The van der Waals surface area contributed by atoms with Gasteiger partial charge in [0.1, 0.15) is 0 Å². The average Bonchev–Trinajstić information content (AvgIpc) is 3.58. The molecular formula is C24H28Cl2N4O2. The first-order chi connectivity index (χ1) is 15.2. The largest absolute Gasteiger partial charge is 0.337 e. The van der Waals surface area contributed by atoms with Crippen molar-refractivity contribution in [2.45, 2.75) is 46.2 Å². The summed E-state index contributed by atoms with van der Waals surface area (Å²) in [5.74, 6) is 0.285. The van der Waals surface area contributed by atoms with Crippen LogP contribution in [0.1, 0.15) is 46.9 Å². The lowest BCUT2D eigenvalue weighted by molar-refractivity contribution is -0.137. The van der Waals surface area contributed by atoms with Gasteiger partial charge < -0.3 is 10.2 Å². The van der Waals surface area contributed by atoms with Gasteiger partial charge in [-0.1, -0.05) is 23.2 Å². The van der Waals surface area contributed by atoms with Crippen molar-refractivity contribution >= 4 is 40.7 Å². The van der Waals surface area contributed by atoms with E-state index in [1.165, 1.54) is 6.20 Å². The Labute approximate surface area is 198 Å². The quantitative estimate of drug-likeness (QED) is 0.681. The molecule has 0 spiro atoms. The Kier molecular flexibility index (Phi) is 6.75. The second-order valence-electron chi connectivity index (χ2n) is 8.87. The van der Waals surface area contributed by atoms with Crippen molar-refractivity contribution < 1.29 is 9.59 Å². The van der Waals surface area contributed by atoms with E-state index in [2.05, 4.69) is 22.1 Å². The van der Waals surface area contributed by atoms with Crippen LogP contribution in [0.4, 0.5) is 5.69 Å². The van der Waals surface area contributed by atoms with Gasteiger partial charge in [-0.25, -0.2) is 0 Å². The van der Waals surface area contributed by atoms with Gasteiger partial charge in [0, 0.05) is 55.0 Å². The number of aromatic nitrogens is 1. The Bertz CT molecular complexity index is 1050. The third-order valence-corrected chi connectivity index (χ3v) is 6.93. The molecule has 2 aliphatic rings. The molecule has 8 heteroatoms. The molecule has 2 fully saturated rings. The van der Waals surface area contributed by atoms with Crippen molar-refractivity contribution in [2.24, 2.45) is 5.92 Å². The van der Waals surface area contributed by atoms with Gasteiger partial charge in [-0.05, 0) is 62.9 Å². The van der Waals surface area contributed by atoms with Gasteiger partial charge in [0.15, 0.2) is 0 Å². The minimum absolute atomic E-state index is 0.189. The van der Waals surface area contributed by atoms with Gasteiger partial charge in [-0.15, -0.1) is 0 Å². The van der Waals surface area contributed by atoms with E-state index in [0.717, 1.165) is 43.6 Å². The van der Waals surface area contributed by atoms with E-state index in [4.69, 9.17) is 23.2 Å². The highest BCUT2D eigenvalue weighted by Crippen LogP contribution is 2.33. The zero-order valence-electron chi connectivity index (χ0n) is 18.6. The normalized spacial score (nSPS) is 19.2. The number of carbonyl (C=O) groups excluding carboxylic acids is 2. The molecule has 0 bridgehead atoms. The molecule has 1 saturated carbocycles. The van der Waals surface area contributed by atoms with Crippen LogP contribution in [0.15, 0.2) is 24.4 Å².